The van der Waals surface area contributed by atoms with Crippen LogP contribution in [0.3, 0.4) is 0 Å². The summed E-state index contributed by atoms with van der Waals surface area (Å²) in [6.07, 6.45) is 13.0. The van der Waals surface area contributed by atoms with Gasteiger partial charge in [-0.3, -0.25) is 0 Å². The predicted molar refractivity (Wildman–Crippen MR) is 74.3 cm³/mol. The molecule has 2 nitrogen and oxygen atoms in total. The standard InChI is InChI=1S/C15H30N2/c1-17(15-6-3-2-4-7-15)13-5-11-16-12-10-14-8-9-14/h14-16H,2-13H2,1H3. The maximum atomic E-state index is 3.59. The van der Waals surface area contributed by atoms with Gasteiger partial charge in [-0.2, -0.15) is 0 Å². The lowest BCUT2D eigenvalue weighted by Crippen LogP contribution is -2.35. The Labute approximate surface area is 107 Å². The van der Waals surface area contributed by atoms with Crippen LogP contribution in [-0.2, 0) is 0 Å². The molecule has 0 unspecified atom stereocenters. The van der Waals surface area contributed by atoms with Crippen molar-refractivity contribution in [1.29, 1.82) is 0 Å². The van der Waals surface area contributed by atoms with E-state index in [9.17, 15) is 0 Å². The molecule has 2 saturated carbocycles. The molecule has 2 heteroatoms. The maximum Gasteiger partial charge on any atom is 0.00922 e. The zero-order valence-electron chi connectivity index (χ0n) is 11.6. The number of nitrogens with zero attached hydrogens (tertiary/aromatic N) is 1. The van der Waals surface area contributed by atoms with Crippen LogP contribution in [0.2, 0.25) is 0 Å². The lowest BCUT2D eigenvalue weighted by atomic mass is 9.94. The van der Waals surface area contributed by atoms with E-state index < -0.39 is 0 Å². The van der Waals surface area contributed by atoms with Gasteiger partial charge in [0.05, 0.1) is 0 Å². The fraction of sp³-hybridized carbons (Fsp3) is 1.00. The Morgan fingerprint density at radius 1 is 1.00 bits per heavy atom. The van der Waals surface area contributed by atoms with Gasteiger partial charge in [-0.05, 0) is 58.3 Å². The summed E-state index contributed by atoms with van der Waals surface area (Å²) >= 11 is 0. The van der Waals surface area contributed by atoms with E-state index in [4.69, 9.17) is 0 Å². The molecule has 0 heterocycles. The second-order valence-electron chi connectivity index (χ2n) is 6.11. The molecule has 0 radical (unpaired) electrons. The molecular formula is C15H30N2. The first-order valence-corrected chi connectivity index (χ1v) is 7.77. The Bertz CT molecular complexity index is 195. The van der Waals surface area contributed by atoms with E-state index in [0.717, 1.165) is 12.0 Å². The van der Waals surface area contributed by atoms with Gasteiger partial charge >= 0.3 is 0 Å². The van der Waals surface area contributed by atoms with Crippen molar-refractivity contribution in [2.75, 3.05) is 26.7 Å². The maximum absolute atomic E-state index is 3.59. The van der Waals surface area contributed by atoms with Crippen molar-refractivity contribution in [3.63, 3.8) is 0 Å². The molecule has 0 saturated heterocycles. The quantitative estimate of drug-likeness (QED) is 0.654. The van der Waals surface area contributed by atoms with Gasteiger partial charge in [0.2, 0.25) is 0 Å². The first-order chi connectivity index (χ1) is 8.36. The Kier molecular flexibility index (Phi) is 5.79. The molecule has 17 heavy (non-hydrogen) atoms. The molecule has 2 rings (SSSR count). The topological polar surface area (TPSA) is 15.3 Å². The molecule has 0 aliphatic heterocycles. The van der Waals surface area contributed by atoms with Crippen molar-refractivity contribution in [2.45, 2.75) is 63.8 Å². The minimum absolute atomic E-state index is 0.884. The molecule has 0 atom stereocenters. The van der Waals surface area contributed by atoms with Gasteiger partial charge in [-0.15, -0.1) is 0 Å². The van der Waals surface area contributed by atoms with Crippen molar-refractivity contribution < 1.29 is 0 Å². The van der Waals surface area contributed by atoms with Crippen LogP contribution in [0.4, 0.5) is 0 Å². The summed E-state index contributed by atoms with van der Waals surface area (Å²) in [7, 11) is 2.32. The molecule has 0 aromatic heterocycles. The third-order valence-corrected chi connectivity index (χ3v) is 4.49. The Hall–Kier alpha value is -0.0800. The molecule has 2 fully saturated rings. The summed E-state index contributed by atoms with van der Waals surface area (Å²) < 4.78 is 0. The van der Waals surface area contributed by atoms with Crippen LogP contribution in [0, 0.1) is 5.92 Å². The highest BCUT2D eigenvalue weighted by Crippen LogP contribution is 2.31. The summed E-state index contributed by atoms with van der Waals surface area (Å²) in [5.74, 6) is 1.08. The van der Waals surface area contributed by atoms with E-state index >= 15 is 0 Å². The van der Waals surface area contributed by atoms with Crippen LogP contribution in [0.5, 0.6) is 0 Å². The van der Waals surface area contributed by atoms with E-state index in [1.165, 1.54) is 77.4 Å². The largest absolute Gasteiger partial charge is 0.317 e. The van der Waals surface area contributed by atoms with Gasteiger partial charge in [0.1, 0.15) is 0 Å². The van der Waals surface area contributed by atoms with E-state index in [1.54, 1.807) is 0 Å². The number of hydrogen-bond donors (Lipinski definition) is 1. The van der Waals surface area contributed by atoms with Crippen LogP contribution in [0.25, 0.3) is 0 Å². The Morgan fingerprint density at radius 3 is 2.47 bits per heavy atom. The molecule has 2 aliphatic rings. The summed E-state index contributed by atoms with van der Waals surface area (Å²) in [6.45, 7) is 3.74. The van der Waals surface area contributed by atoms with E-state index in [0.29, 0.717) is 0 Å². The Morgan fingerprint density at radius 2 is 1.76 bits per heavy atom. The SMILES string of the molecule is CN(CCCNCCC1CC1)C1CCCCC1. The van der Waals surface area contributed by atoms with Gasteiger partial charge < -0.3 is 10.2 Å². The summed E-state index contributed by atoms with van der Waals surface area (Å²) in [5.41, 5.74) is 0. The molecular weight excluding hydrogens is 208 g/mol. The van der Waals surface area contributed by atoms with Crippen LogP contribution < -0.4 is 5.32 Å². The van der Waals surface area contributed by atoms with Crippen molar-refractivity contribution in [2.24, 2.45) is 5.92 Å². The van der Waals surface area contributed by atoms with Gasteiger partial charge in [0, 0.05) is 6.04 Å². The van der Waals surface area contributed by atoms with Crippen LogP contribution in [-0.4, -0.2) is 37.6 Å². The highest BCUT2D eigenvalue weighted by Gasteiger charge is 2.20. The second kappa shape index (κ2) is 7.38. The lowest BCUT2D eigenvalue weighted by Gasteiger charge is -2.31. The molecule has 0 bridgehead atoms. The van der Waals surface area contributed by atoms with Crippen LogP contribution in [0.15, 0.2) is 0 Å². The third-order valence-electron chi connectivity index (χ3n) is 4.49. The predicted octanol–water partition coefficient (Wildman–Crippen LogP) is 3.03. The molecule has 1 N–H and O–H groups in total. The second-order valence-corrected chi connectivity index (χ2v) is 6.11. The van der Waals surface area contributed by atoms with E-state index in [-0.39, 0.29) is 0 Å². The molecule has 0 aromatic carbocycles. The number of rotatable bonds is 8. The zero-order chi connectivity index (χ0) is 11.9. The van der Waals surface area contributed by atoms with Crippen molar-refractivity contribution >= 4 is 0 Å². The smallest absolute Gasteiger partial charge is 0.00922 e. The van der Waals surface area contributed by atoms with E-state index in [2.05, 4.69) is 17.3 Å². The zero-order valence-corrected chi connectivity index (χ0v) is 11.6. The van der Waals surface area contributed by atoms with Gasteiger partial charge in [-0.25, -0.2) is 0 Å². The summed E-state index contributed by atoms with van der Waals surface area (Å²) in [6, 6.07) is 0.884. The van der Waals surface area contributed by atoms with Gasteiger partial charge in [0.15, 0.2) is 0 Å². The minimum Gasteiger partial charge on any atom is -0.317 e. The lowest BCUT2D eigenvalue weighted by molar-refractivity contribution is 0.189. The van der Waals surface area contributed by atoms with Gasteiger partial charge in [0.25, 0.3) is 0 Å². The van der Waals surface area contributed by atoms with Crippen molar-refractivity contribution in [1.82, 2.24) is 10.2 Å². The Balaban J connectivity index is 1.42. The van der Waals surface area contributed by atoms with Crippen molar-refractivity contribution in [3.05, 3.63) is 0 Å². The third kappa shape index (κ3) is 5.39. The average Bonchev–Trinajstić information content (AvgIpc) is 3.18. The van der Waals surface area contributed by atoms with Crippen LogP contribution in [0.1, 0.15) is 57.8 Å². The molecule has 100 valence electrons. The average molecular weight is 238 g/mol. The molecule has 0 aromatic rings. The molecule has 0 amide bonds. The van der Waals surface area contributed by atoms with E-state index in [1.807, 2.05) is 0 Å². The minimum atomic E-state index is 0.884. The summed E-state index contributed by atoms with van der Waals surface area (Å²) in [5, 5.41) is 3.59. The summed E-state index contributed by atoms with van der Waals surface area (Å²) in [4.78, 5) is 2.60. The molecule has 2 aliphatic carbocycles. The number of nitrogens with one attached hydrogen (secondary N) is 1. The first-order valence-electron chi connectivity index (χ1n) is 7.77. The monoisotopic (exact) mass is 238 g/mol. The fourth-order valence-electron chi connectivity index (χ4n) is 3.00. The number of hydrogen-bond acceptors (Lipinski definition) is 2. The fourth-order valence-corrected chi connectivity index (χ4v) is 3.00. The van der Waals surface area contributed by atoms with Crippen molar-refractivity contribution in [3.8, 4) is 0 Å². The highest BCUT2D eigenvalue weighted by molar-refractivity contribution is 4.75. The van der Waals surface area contributed by atoms with Crippen LogP contribution >= 0.6 is 0 Å². The molecule has 0 spiro atoms. The normalized spacial score (nSPS) is 22.2. The highest BCUT2D eigenvalue weighted by atomic mass is 15.1. The van der Waals surface area contributed by atoms with Gasteiger partial charge in [-0.1, -0.05) is 32.1 Å². The first kappa shape index (κ1) is 13.4.